The van der Waals surface area contributed by atoms with Gasteiger partial charge in [0.2, 0.25) is 0 Å². The molecule has 0 aromatic carbocycles. The third kappa shape index (κ3) is 5.91. The molecule has 1 aliphatic heterocycles. The van der Waals surface area contributed by atoms with E-state index in [1.165, 1.54) is 12.8 Å². The first kappa shape index (κ1) is 21.3. The van der Waals surface area contributed by atoms with E-state index in [4.69, 9.17) is 22.4 Å². The van der Waals surface area contributed by atoms with Gasteiger partial charge in [0.25, 0.3) is 0 Å². The SMILES string of the molecule is CO[Si](C)(OC)C1CCCCC([Si](C)(OC)OC)CCOCC1. The number of hydrogen-bond acceptors (Lipinski definition) is 5. The molecule has 0 aliphatic carbocycles. The van der Waals surface area contributed by atoms with Crippen molar-refractivity contribution in [3.8, 4) is 0 Å². The van der Waals surface area contributed by atoms with Crippen LogP contribution in [0.3, 0.4) is 0 Å². The van der Waals surface area contributed by atoms with E-state index in [0.29, 0.717) is 11.1 Å². The van der Waals surface area contributed by atoms with Crippen LogP contribution in [0.15, 0.2) is 0 Å². The molecule has 0 bridgehead atoms. The van der Waals surface area contributed by atoms with E-state index in [0.717, 1.165) is 38.9 Å². The first-order chi connectivity index (χ1) is 11.0. The van der Waals surface area contributed by atoms with Gasteiger partial charge in [0.15, 0.2) is 0 Å². The molecule has 2 atom stereocenters. The topological polar surface area (TPSA) is 46.2 Å². The van der Waals surface area contributed by atoms with Crippen LogP contribution in [0.5, 0.6) is 0 Å². The predicted octanol–water partition coefficient (Wildman–Crippen LogP) is 3.83. The van der Waals surface area contributed by atoms with Crippen molar-refractivity contribution in [2.45, 2.75) is 62.7 Å². The van der Waals surface area contributed by atoms with Gasteiger partial charge >= 0.3 is 17.1 Å². The minimum absolute atomic E-state index is 0.488. The largest absolute Gasteiger partial charge is 0.398 e. The summed E-state index contributed by atoms with van der Waals surface area (Å²) in [4.78, 5) is 0. The van der Waals surface area contributed by atoms with Crippen molar-refractivity contribution >= 4 is 17.1 Å². The number of ether oxygens (including phenoxy) is 1. The molecule has 0 radical (unpaired) electrons. The molecule has 7 heteroatoms. The van der Waals surface area contributed by atoms with E-state index in [9.17, 15) is 0 Å². The third-order valence-electron chi connectivity index (χ3n) is 5.68. The fourth-order valence-corrected chi connectivity index (χ4v) is 7.91. The molecule has 1 rings (SSSR count). The molecule has 0 N–H and O–H groups in total. The summed E-state index contributed by atoms with van der Waals surface area (Å²) in [5.41, 5.74) is 0.977. The average molecular weight is 365 g/mol. The fraction of sp³-hybridized carbons (Fsp3) is 1.00. The second-order valence-corrected chi connectivity index (χ2v) is 14.0. The summed E-state index contributed by atoms with van der Waals surface area (Å²) in [7, 11) is 2.95. The lowest BCUT2D eigenvalue weighted by Gasteiger charge is -2.32. The van der Waals surface area contributed by atoms with E-state index < -0.39 is 17.1 Å². The van der Waals surface area contributed by atoms with Crippen LogP contribution < -0.4 is 0 Å². The van der Waals surface area contributed by atoms with Gasteiger partial charge in [-0.05, 0) is 38.8 Å². The van der Waals surface area contributed by atoms with Crippen LogP contribution in [0, 0.1) is 0 Å². The maximum absolute atomic E-state index is 5.92. The highest BCUT2D eigenvalue weighted by Gasteiger charge is 2.41. The molecule has 2 unspecified atom stereocenters. The smallest absolute Gasteiger partial charge is 0.337 e. The van der Waals surface area contributed by atoms with Crippen molar-refractivity contribution in [2.24, 2.45) is 0 Å². The van der Waals surface area contributed by atoms with Crippen LogP contribution >= 0.6 is 0 Å². The summed E-state index contributed by atoms with van der Waals surface area (Å²) in [5, 5.41) is 0. The monoisotopic (exact) mass is 364 g/mol. The first-order valence-electron chi connectivity index (χ1n) is 8.74. The Balaban J connectivity index is 2.69. The number of rotatable bonds is 6. The van der Waals surface area contributed by atoms with Gasteiger partial charge in [-0.15, -0.1) is 0 Å². The zero-order valence-corrected chi connectivity index (χ0v) is 17.9. The van der Waals surface area contributed by atoms with Crippen LogP contribution in [0.25, 0.3) is 0 Å². The zero-order chi connectivity index (χ0) is 17.3. The van der Waals surface area contributed by atoms with Gasteiger partial charge < -0.3 is 22.4 Å². The Morgan fingerprint density at radius 3 is 1.30 bits per heavy atom. The number of hydrogen-bond donors (Lipinski definition) is 0. The van der Waals surface area contributed by atoms with Gasteiger partial charge in [-0.2, -0.15) is 0 Å². The van der Waals surface area contributed by atoms with Crippen LogP contribution in [0.4, 0.5) is 0 Å². The van der Waals surface area contributed by atoms with Crippen LogP contribution in [0.2, 0.25) is 24.2 Å². The van der Waals surface area contributed by atoms with Gasteiger partial charge in [0.1, 0.15) is 0 Å². The third-order valence-corrected chi connectivity index (χ3v) is 13.0. The molecule has 138 valence electrons. The molecule has 23 heavy (non-hydrogen) atoms. The summed E-state index contributed by atoms with van der Waals surface area (Å²) in [6, 6.07) is 0. The highest BCUT2D eigenvalue weighted by Crippen LogP contribution is 2.36. The van der Waals surface area contributed by atoms with E-state index >= 15 is 0 Å². The van der Waals surface area contributed by atoms with E-state index in [2.05, 4.69) is 13.1 Å². The minimum atomic E-state index is -2.09. The van der Waals surface area contributed by atoms with Crippen molar-refractivity contribution < 1.29 is 22.4 Å². The Morgan fingerprint density at radius 1 is 0.652 bits per heavy atom. The molecule has 0 amide bonds. The summed E-state index contributed by atoms with van der Waals surface area (Å²) in [6.07, 6.45) is 6.76. The first-order valence-corrected chi connectivity index (χ1v) is 13.5. The zero-order valence-electron chi connectivity index (χ0n) is 15.9. The van der Waals surface area contributed by atoms with Crippen molar-refractivity contribution in [1.29, 1.82) is 0 Å². The predicted molar refractivity (Wildman–Crippen MR) is 97.3 cm³/mol. The molecule has 0 saturated carbocycles. The molecule has 0 spiro atoms. The second-order valence-electron chi connectivity index (χ2n) is 6.72. The molecule has 0 aromatic heterocycles. The lowest BCUT2D eigenvalue weighted by molar-refractivity contribution is 0.117. The Labute approximate surface area is 144 Å². The van der Waals surface area contributed by atoms with E-state index in [-0.39, 0.29) is 0 Å². The van der Waals surface area contributed by atoms with Crippen LogP contribution in [0.1, 0.15) is 38.5 Å². The van der Waals surface area contributed by atoms with E-state index in [1.807, 2.05) is 0 Å². The Kier molecular flexibility index (Phi) is 9.51. The lowest BCUT2D eigenvalue weighted by atomic mass is 10.1. The highest BCUT2D eigenvalue weighted by molar-refractivity contribution is 6.68. The molecule has 0 aromatic rings. The normalized spacial score (nSPS) is 25.8. The molecular formula is C16H36O5Si2. The van der Waals surface area contributed by atoms with Crippen molar-refractivity contribution in [2.75, 3.05) is 41.7 Å². The molecule has 5 nitrogen and oxygen atoms in total. The molecule has 1 heterocycles. The standard InChI is InChI=1S/C16H36O5Si2/c1-17-22(5,18-2)15-9-7-8-10-16(12-14-21-13-11-15)23(6,19-3)20-4/h15-16H,7-14H2,1-6H3. The Bertz CT molecular complexity index is 292. The quantitative estimate of drug-likeness (QED) is 0.670. The molecule has 1 saturated heterocycles. The molecule has 1 fully saturated rings. The second kappa shape index (κ2) is 10.3. The minimum Gasteiger partial charge on any atom is -0.398 e. The average Bonchev–Trinajstić information content (AvgIpc) is 2.65. The maximum atomic E-state index is 5.92. The Hall–Kier alpha value is 0.234. The van der Waals surface area contributed by atoms with Crippen LogP contribution in [-0.4, -0.2) is 58.8 Å². The van der Waals surface area contributed by atoms with E-state index in [1.54, 1.807) is 28.4 Å². The van der Waals surface area contributed by atoms with Crippen molar-refractivity contribution in [3.05, 3.63) is 0 Å². The summed E-state index contributed by atoms with van der Waals surface area (Å²) >= 11 is 0. The summed E-state index contributed by atoms with van der Waals surface area (Å²) in [5.74, 6) is 0. The van der Waals surface area contributed by atoms with Crippen molar-refractivity contribution in [1.82, 2.24) is 0 Å². The maximum Gasteiger partial charge on any atom is 0.337 e. The van der Waals surface area contributed by atoms with Crippen molar-refractivity contribution in [3.63, 3.8) is 0 Å². The fourth-order valence-electron chi connectivity index (χ4n) is 3.51. The molecular weight excluding hydrogens is 328 g/mol. The van der Waals surface area contributed by atoms with Gasteiger partial charge in [-0.3, -0.25) is 0 Å². The summed E-state index contributed by atoms with van der Waals surface area (Å²) in [6.45, 7) is 5.90. The Morgan fingerprint density at radius 2 is 1.00 bits per heavy atom. The van der Waals surface area contributed by atoms with Gasteiger partial charge in [-0.25, -0.2) is 0 Å². The lowest BCUT2D eigenvalue weighted by Crippen LogP contribution is -2.42. The van der Waals surface area contributed by atoms with Gasteiger partial charge in [0, 0.05) is 52.7 Å². The van der Waals surface area contributed by atoms with Gasteiger partial charge in [-0.1, -0.05) is 12.8 Å². The summed E-state index contributed by atoms with van der Waals surface area (Å²) < 4.78 is 29.0. The highest BCUT2D eigenvalue weighted by atomic mass is 28.4. The van der Waals surface area contributed by atoms with Gasteiger partial charge in [0.05, 0.1) is 0 Å². The van der Waals surface area contributed by atoms with Crippen LogP contribution in [-0.2, 0) is 22.4 Å². The molecule has 1 aliphatic rings.